The molecule has 0 unspecified atom stereocenters. The monoisotopic (exact) mass is 367 g/mol. The van der Waals surface area contributed by atoms with E-state index < -0.39 is 0 Å². The van der Waals surface area contributed by atoms with E-state index in [1.54, 1.807) is 55.6 Å². The van der Waals surface area contributed by atoms with Crippen molar-refractivity contribution in [2.45, 2.75) is 6.61 Å². The number of amides is 1. The molecule has 0 radical (unpaired) electrons. The molecule has 4 nitrogen and oxygen atoms in total. The molecule has 132 valence electrons. The summed E-state index contributed by atoms with van der Waals surface area (Å²) in [6, 6.07) is 21.7. The molecule has 0 saturated heterocycles. The molecule has 0 spiro atoms. The van der Waals surface area contributed by atoms with Gasteiger partial charge in [0.15, 0.2) is 0 Å². The molecule has 0 aliphatic rings. The molecule has 0 aliphatic heterocycles. The maximum Gasteiger partial charge on any atom is 0.255 e. The highest BCUT2D eigenvalue weighted by Crippen LogP contribution is 2.20. The van der Waals surface area contributed by atoms with Crippen LogP contribution < -0.4 is 14.8 Å². The third kappa shape index (κ3) is 4.55. The Morgan fingerprint density at radius 1 is 0.962 bits per heavy atom. The second kappa shape index (κ2) is 8.41. The predicted octanol–water partition coefficient (Wildman–Crippen LogP) is 5.18. The van der Waals surface area contributed by atoms with Gasteiger partial charge < -0.3 is 14.8 Å². The van der Waals surface area contributed by atoms with E-state index >= 15 is 0 Å². The fourth-order valence-corrected chi connectivity index (χ4v) is 2.57. The van der Waals surface area contributed by atoms with Gasteiger partial charge in [0.2, 0.25) is 0 Å². The number of rotatable bonds is 6. The Kier molecular flexibility index (Phi) is 5.77. The average Bonchev–Trinajstić information content (AvgIpc) is 2.68. The van der Waals surface area contributed by atoms with E-state index in [-0.39, 0.29) is 5.91 Å². The van der Waals surface area contributed by atoms with Crippen LogP contribution >= 0.6 is 11.6 Å². The largest absolute Gasteiger partial charge is 0.497 e. The van der Waals surface area contributed by atoms with E-state index in [0.29, 0.717) is 28.6 Å². The van der Waals surface area contributed by atoms with Crippen LogP contribution in [0.2, 0.25) is 5.02 Å². The summed E-state index contributed by atoms with van der Waals surface area (Å²) in [5.41, 5.74) is 2.10. The van der Waals surface area contributed by atoms with Crippen molar-refractivity contribution < 1.29 is 14.3 Å². The molecular formula is C21H18ClNO3. The molecule has 0 saturated carbocycles. The van der Waals surface area contributed by atoms with Crippen LogP contribution in [0.25, 0.3) is 0 Å². The van der Waals surface area contributed by atoms with E-state index in [2.05, 4.69) is 5.32 Å². The van der Waals surface area contributed by atoms with Gasteiger partial charge in [-0.2, -0.15) is 0 Å². The molecule has 3 rings (SSSR count). The van der Waals surface area contributed by atoms with Gasteiger partial charge in [0, 0.05) is 21.8 Å². The lowest BCUT2D eigenvalue weighted by atomic mass is 10.2. The van der Waals surface area contributed by atoms with Gasteiger partial charge in [0.1, 0.15) is 18.1 Å². The summed E-state index contributed by atoms with van der Waals surface area (Å²) in [6.45, 7) is 0.337. The Bertz CT molecular complexity index is 894. The molecule has 0 aromatic heterocycles. The first kappa shape index (κ1) is 17.8. The lowest BCUT2D eigenvalue weighted by Gasteiger charge is -2.10. The van der Waals surface area contributed by atoms with Gasteiger partial charge in [0.05, 0.1) is 7.11 Å². The standard InChI is InChI=1S/C21H18ClNO3/c1-25-18-11-9-17(10-12-18)23-21(24)15-6-4-7-19(13-15)26-14-16-5-2-3-8-20(16)22/h2-13H,14H2,1H3,(H,23,24). The van der Waals surface area contributed by atoms with Crippen LogP contribution in [0.4, 0.5) is 5.69 Å². The van der Waals surface area contributed by atoms with E-state index in [1.165, 1.54) is 0 Å². The third-order valence-electron chi connectivity index (χ3n) is 3.80. The number of nitrogens with one attached hydrogen (secondary N) is 1. The van der Waals surface area contributed by atoms with Crippen molar-refractivity contribution >= 4 is 23.2 Å². The molecule has 0 fully saturated rings. The number of halogens is 1. The highest BCUT2D eigenvalue weighted by Gasteiger charge is 2.08. The van der Waals surface area contributed by atoms with E-state index in [4.69, 9.17) is 21.1 Å². The first-order valence-corrected chi connectivity index (χ1v) is 8.45. The van der Waals surface area contributed by atoms with Crippen LogP contribution in [0.3, 0.4) is 0 Å². The molecule has 3 aromatic carbocycles. The van der Waals surface area contributed by atoms with Gasteiger partial charge in [0.25, 0.3) is 5.91 Å². The summed E-state index contributed by atoms with van der Waals surface area (Å²) < 4.78 is 10.9. The lowest BCUT2D eigenvalue weighted by molar-refractivity contribution is 0.102. The Balaban J connectivity index is 1.66. The Labute approximate surface area is 157 Å². The first-order valence-electron chi connectivity index (χ1n) is 8.07. The van der Waals surface area contributed by atoms with E-state index in [9.17, 15) is 4.79 Å². The number of carbonyl (C=O) groups is 1. The molecule has 5 heteroatoms. The SMILES string of the molecule is COc1ccc(NC(=O)c2cccc(OCc3ccccc3Cl)c2)cc1. The molecule has 0 bridgehead atoms. The van der Waals surface area contributed by atoms with Crippen molar-refractivity contribution in [1.82, 2.24) is 0 Å². The second-order valence-corrected chi connectivity index (χ2v) is 6.00. The van der Waals surface area contributed by atoms with Gasteiger partial charge in [-0.15, -0.1) is 0 Å². The fourth-order valence-electron chi connectivity index (χ4n) is 2.38. The minimum Gasteiger partial charge on any atom is -0.497 e. The molecule has 0 aliphatic carbocycles. The average molecular weight is 368 g/mol. The van der Waals surface area contributed by atoms with Crippen molar-refractivity contribution in [1.29, 1.82) is 0 Å². The molecule has 3 aromatic rings. The summed E-state index contributed by atoms with van der Waals surface area (Å²) in [6.07, 6.45) is 0. The zero-order chi connectivity index (χ0) is 18.4. The topological polar surface area (TPSA) is 47.6 Å². The molecule has 1 amide bonds. The minimum absolute atomic E-state index is 0.210. The number of methoxy groups -OCH3 is 1. The maximum absolute atomic E-state index is 12.4. The highest BCUT2D eigenvalue weighted by molar-refractivity contribution is 6.31. The van der Waals surface area contributed by atoms with E-state index in [0.717, 1.165) is 11.3 Å². The van der Waals surface area contributed by atoms with Crippen molar-refractivity contribution in [3.05, 3.63) is 88.9 Å². The van der Waals surface area contributed by atoms with Gasteiger partial charge in [-0.05, 0) is 48.5 Å². The summed E-state index contributed by atoms with van der Waals surface area (Å²) in [7, 11) is 1.60. The van der Waals surface area contributed by atoms with Crippen LogP contribution in [0, 0.1) is 0 Å². The summed E-state index contributed by atoms with van der Waals surface area (Å²) in [4.78, 5) is 12.4. The number of hydrogen-bond acceptors (Lipinski definition) is 3. The number of anilines is 1. The van der Waals surface area contributed by atoms with Crippen molar-refractivity contribution in [2.24, 2.45) is 0 Å². The second-order valence-electron chi connectivity index (χ2n) is 5.59. The van der Waals surface area contributed by atoms with Crippen LogP contribution in [0.5, 0.6) is 11.5 Å². The van der Waals surface area contributed by atoms with Gasteiger partial charge in [-0.1, -0.05) is 35.9 Å². The molecule has 26 heavy (non-hydrogen) atoms. The zero-order valence-corrected chi connectivity index (χ0v) is 15.0. The predicted molar refractivity (Wildman–Crippen MR) is 103 cm³/mol. The Morgan fingerprint density at radius 2 is 1.73 bits per heavy atom. The molecule has 0 atom stereocenters. The zero-order valence-electron chi connectivity index (χ0n) is 14.2. The summed E-state index contributed by atoms with van der Waals surface area (Å²) in [5, 5.41) is 3.50. The smallest absolute Gasteiger partial charge is 0.255 e. The normalized spacial score (nSPS) is 10.2. The van der Waals surface area contributed by atoms with Crippen molar-refractivity contribution in [3.63, 3.8) is 0 Å². The van der Waals surface area contributed by atoms with Crippen LogP contribution in [0.1, 0.15) is 15.9 Å². The van der Waals surface area contributed by atoms with Crippen LogP contribution in [-0.4, -0.2) is 13.0 Å². The van der Waals surface area contributed by atoms with Gasteiger partial charge in [-0.25, -0.2) is 0 Å². The fraction of sp³-hybridized carbons (Fsp3) is 0.0952. The molecule has 1 N–H and O–H groups in total. The number of benzene rings is 3. The minimum atomic E-state index is -0.210. The van der Waals surface area contributed by atoms with Gasteiger partial charge in [-0.3, -0.25) is 4.79 Å². The van der Waals surface area contributed by atoms with E-state index in [1.807, 2.05) is 24.3 Å². The molecule has 0 heterocycles. The Hall–Kier alpha value is -2.98. The van der Waals surface area contributed by atoms with Crippen molar-refractivity contribution in [2.75, 3.05) is 12.4 Å². The highest BCUT2D eigenvalue weighted by atomic mass is 35.5. The quantitative estimate of drug-likeness (QED) is 0.653. The number of carbonyl (C=O) groups excluding carboxylic acids is 1. The molecular weight excluding hydrogens is 350 g/mol. The maximum atomic E-state index is 12.4. The third-order valence-corrected chi connectivity index (χ3v) is 4.17. The van der Waals surface area contributed by atoms with Crippen LogP contribution in [0.15, 0.2) is 72.8 Å². The Morgan fingerprint density at radius 3 is 2.46 bits per heavy atom. The van der Waals surface area contributed by atoms with Crippen LogP contribution in [-0.2, 0) is 6.61 Å². The van der Waals surface area contributed by atoms with Crippen molar-refractivity contribution in [3.8, 4) is 11.5 Å². The number of ether oxygens (including phenoxy) is 2. The summed E-state index contributed by atoms with van der Waals surface area (Å²) in [5.74, 6) is 1.13. The summed E-state index contributed by atoms with van der Waals surface area (Å²) >= 11 is 6.13. The first-order chi connectivity index (χ1) is 12.7. The number of hydrogen-bond donors (Lipinski definition) is 1. The lowest BCUT2D eigenvalue weighted by Crippen LogP contribution is -2.12. The van der Waals surface area contributed by atoms with Gasteiger partial charge >= 0.3 is 0 Å².